The maximum absolute atomic E-state index is 6.12. The highest BCUT2D eigenvalue weighted by atomic mass is 35.5. The van der Waals surface area contributed by atoms with Crippen LogP contribution in [0.5, 0.6) is 0 Å². The molecule has 0 radical (unpaired) electrons. The van der Waals surface area contributed by atoms with Crippen molar-refractivity contribution in [3.05, 3.63) is 50.6 Å². The minimum Gasteiger partial charge on any atom is -0.383 e. The van der Waals surface area contributed by atoms with Crippen LogP contribution in [-0.2, 0) is 0 Å². The fourth-order valence-corrected chi connectivity index (χ4v) is 2.76. The third kappa shape index (κ3) is 2.21. The molecule has 0 aliphatic heterocycles. The van der Waals surface area contributed by atoms with Crippen LogP contribution in [0.25, 0.3) is 16.9 Å². The van der Waals surface area contributed by atoms with E-state index in [1.54, 1.807) is 34.9 Å². The molecule has 0 saturated carbocycles. The molecule has 0 unspecified atom stereocenters. The van der Waals surface area contributed by atoms with Gasteiger partial charge in [0.25, 0.3) is 0 Å². The van der Waals surface area contributed by atoms with Crippen LogP contribution in [0.15, 0.2) is 30.5 Å². The summed E-state index contributed by atoms with van der Waals surface area (Å²) < 4.78 is 1.64. The number of hydrogen-bond acceptors (Lipinski definition) is 2. The van der Waals surface area contributed by atoms with E-state index < -0.39 is 0 Å². The molecule has 3 nitrogen and oxygen atoms in total. The average molecular weight is 347 g/mol. The maximum atomic E-state index is 6.12. The van der Waals surface area contributed by atoms with Crippen LogP contribution in [0.3, 0.4) is 0 Å². The van der Waals surface area contributed by atoms with E-state index in [1.165, 1.54) is 0 Å². The van der Waals surface area contributed by atoms with E-state index in [0.717, 1.165) is 5.56 Å². The van der Waals surface area contributed by atoms with Crippen molar-refractivity contribution in [3.8, 4) is 11.3 Å². The predicted molar refractivity (Wildman–Crippen MR) is 85.1 cm³/mol. The van der Waals surface area contributed by atoms with E-state index in [0.29, 0.717) is 37.2 Å². The molecule has 20 heavy (non-hydrogen) atoms. The van der Waals surface area contributed by atoms with Crippen molar-refractivity contribution in [2.75, 3.05) is 5.73 Å². The Kier molecular flexibility index (Phi) is 3.46. The Hall–Kier alpha value is -1.13. The Balaban J connectivity index is 2.29. The maximum Gasteiger partial charge on any atom is 0.158 e. The first-order valence-electron chi connectivity index (χ1n) is 5.55. The highest BCUT2D eigenvalue weighted by Crippen LogP contribution is 2.33. The molecule has 0 saturated heterocycles. The quantitative estimate of drug-likeness (QED) is 0.658. The molecular weight excluding hydrogens is 340 g/mol. The van der Waals surface area contributed by atoms with Gasteiger partial charge in [0, 0.05) is 11.8 Å². The first-order valence-corrected chi connectivity index (χ1v) is 7.06. The monoisotopic (exact) mass is 345 g/mol. The molecule has 3 aromatic rings. The number of imidazole rings is 1. The molecule has 0 aliphatic carbocycles. The molecule has 2 heterocycles. The summed E-state index contributed by atoms with van der Waals surface area (Å²) in [5.74, 6) is 0.433. The van der Waals surface area contributed by atoms with E-state index in [1.807, 2.05) is 0 Å². The number of rotatable bonds is 1. The Morgan fingerprint density at radius 3 is 2.40 bits per heavy atom. The number of fused-ring (bicyclic) bond motifs is 1. The summed E-state index contributed by atoms with van der Waals surface area (Å²) in [4.78, 5) is 4.44. The second-order valence-electron chi connectivity index (χ2n) is 4.17. The van der Waals surface area contributed by atoms with Crippen LogP contribution in [0, 0.1) is 0 Å². The van der Waals surface area contributed by atoms with Crippen molar-refractivity contribution >= 4 is 57.9 Å². The van der Waals surface area contributed by atoms with Gasteiger partial charge in [-0.2, -0.15) is 0 Å². The average Bonchev–Trinajstić information content (AvgIpc) is 2.71. The summed E-state index contributed by atoms with van der Waals surface area (Å²) in [5.41, 5.74) is 7.97. The minimum atomic E-state index is 0.426. The van der Waals surface area contributed by atoms with Gasteiger partial charge in [0.15, 0.2) is 5.65 Å². The molecule has 0 atom stereocenters. The van der Waals surface area contributed by atoms with Gasteiger partial charge in [0.1, 0.15) is 11.5 Å². The Morgan fingerprint density at radius 2 is 1.70 bits per heavy atom. The molecule has 2 N–H and O–H groups in total. The van der Waals surface area contributed by atoms with Gasteiger partial charge in [0.05, 0.1) is 20.1 Å². The minimum absolute atomic E-state index is 0.426. The van der Waals surface area contributed by atoms with Crippen LogP contribution in [-0.4, -0.2) is 9.38 Å². The molecule has 0 amide bonds. The molecule has 1 aromatic carbocycles. The fourth-order valence-electron chi connectivity index (χ4n) is 1.95. The van der Waals surface area contributed by atoms with Crippen LogP contribution in [0.2, 0.25) is 20.1 Å². The van der Waals surface area contributed by atoms with Gasteiger partial charge in [-0.25, -0.2) is 4.98 Å². The number of anilines is 1. The van der Waals surface area contributed by atoms with Gasteiger partial charge < -0.3 is 5.73 Å². The van der Waals surface area contributed by atoms with Crippen molar-refractivity contribution in [1.29, 1.82) is 0 Å². The lowest BCUT2D eigenvalue weighted by Gasteiger charge is -2.02. The molecule has 3 rings (SSSR count). The van der Waals surface area contributed by atoms with Crippen LogP contribution >= 0.6 is 46.4 Å². The van der Waals surface area contributed by atoms with E-state index in [2.05, 4.69) is 4.98 Å². The first kappa shape index (κ1) is 13.8. The normalized spacial score (nSPS) is 11.2. The smallest absolute Gasteiger partial charge is 0.158 e. The zero-order chi connectivity index (χ0) is 14.4. The zero-order valence-electron chi connectivity index (χ0n) is 9.87. The topological polar surface area (TPSA) is 43.3 Å². The van der Waals surface area contributed by atoms with Gasteiger partial charge in [-0.05, 0) is 18.2 Å². The summed E-state index contributed by atoms with van der Waals surface area (Å²) >= 11 is 24.0. The second-order valence-corrected chi connectivity index (χ2v) is 5.83. The Bertz CT molecular complexity index is 826. The largest absolute Gasteiger partial charge is 0.383 e. The highest BCUT2D eigenvalue weighted by Gasteiger charge is 2.15. The Morgan fingerprint density at radius 1 is 0.950 bits per heavy atom. The number of nitrogens with zero attached hydrogens (tertiary/aromatic N) is 2. The molecule has 2 aromatic heterocycles. The third-order valence-electron chi connectivity index (χ3n) is 2.87. The molecule has 0 spiro atoms. The van der Waals surface area contributed by atoms with Crippen molar-refractivity contribution in [2.24, 2.45) is 0 Å². The third-order valence-corrected chi connectivity index (χ3v) is 4.10. The van der Waals surface area contributed by atoms with Crippen molar-refractivity contribution in [1.82, 2.24) is 9.38 Å². The second kappa shape index (κ2) is 5.01. The van der Waals surface area contributed by atoms with Gasteiger partial charge in [-0.15, -0.1) is 0 Å². The fraction of sp³-hybridized carbons (Fsp3) is 0. The number of nitrogens with two attached hydrogens (primary N) is 1. The number of pyridine rings is 1. The van der Waals surface area contributed by atoms with E-state index in [-0.39, 0.29) is 0 Å². The number of hydrogen-bond donors (Lipinski definition) is 1. The summed E-state index contributed by atoms with van der Waals surface area (Å²) in [6.07, 6.45) is 1.66. The summed E-state index contributed by atoms with van der Waals surface area (Å²) in [6.45, 7) is 0. The SMILES string of the molecule is Nc1c(-c2ccc(Cl)c(Cl)c2)nc2c(Cl)cc(Cl)cn12. The van der Waals surface area contributed by atoms with Crippen LogP contribution in [0.1, 0.15) is 0 Å². The predicted octanol–water partition coefficient (Wildman–Crippen LogP) is 5.20. The lowest BCUT2D eigenvalue weighted by molar-refractivity contribution is 1.20. The van der Waals surface area contributed by atoms with Gasteiger partial charge >= 0.3 is 0 Å². The van der Waals surface area contributed by atoms with Crippen molar-refractivity contribution in [2.45, 2.75) is 0 Å². The van der Waals surface area contributed by atoms with Crippen LogP contribution < -0.4 is 5.73 Å². The number of nitrogen functional groups attached to an aromatic ring is 1. The number of benzene rings is 1. The van der Waals surface area contributed by atoms with Crippen molar-refractivity contribution in [3.63, 3.8) is 0 Å². The number of aromatic nitrogens is 2. The first-order chi connectivity index (χ1) is 9.47. The highest BCUT2D eigenvalue weighted by molar-refractivity contribution is 6.42. The van der Waals surface area contributed by atoms with Gasteiger partial charge in [-0.3, -0.25) is 4.40 Å². The van der Waals surface area contributed by atoms with Crippen molar-refractivity contribution < 1.29 is 0 Å². The summed E-state index contributed by atoms with van der Waals surface area (Å²) in [7, 11) is 0. The standard InChI is InChI=1S/C13H7Cl4N3/c14-7-4-10(17)13-19-11(12(18)20(13)5-7)6-1-2-8(15)9(16)3-6/h1-5H,18H2. The zero-order valence-corrected chi connectivity index (χ0v) is 12.9. The van der Waals surface area contributed by atoms with Crippen LogP contribution in [0.4, 0.5) is 5.82 Å². The molecule has 0 bridgehead atoms. The molecule has 0 fully saturated rings. The summed E-state index contributed by atoms with van der Waals surface area (Å²) in [6, 6.07) is 6.81. The Labute approximate surface area is 134 Å². The van der Waals surface area contributed by atoms with Gasteiger partial charge in [0.2, 0.25) is 0 Å². The molecular formula is C13H7Cl4N3. The number of halogens is 4. The molecule has 102 valence electrons. The molecule has 0 aliphatic rings. The lowest BCUT2D eigenvalue weighted by Crippen LogP contribution is -1.94. The van der Waals surface area contributed by atoms with E-state index in [9.17, 15) is 0 Å². The lowest BCUT2D eigenvalue weighted by atomic mass is 10.1. The summed E-state index contributed by atoms with van der Waals surface area (Å²) in [5, 5.41) is 1.81. The van der Waals surface area contributed by atoms with E-state index >= 15 is 0 Å². The van der Waals surface area contributed by atoms with Gasteiger partial charge in [-0.1, -0.05) is 52.5 Å². The molecule has 7 heteroatoms. The van der Waals surface area contributed by atoms with E-state index in [4.69, 9.17) is 52.1 Å².